The Balaban J connectivity index is 1.82. The van der Waals surface area contributed by atoms with Gasteiger partial charge in [-0.05, 0) is 49.5 Å². The van der Waals surface area contributed by atoms with Crippen molar-refractivity contribution in [3.63, 3.8) is 0 Å². The Morgan fingerprint density at radius 2 is 2.23 bits per heavy atom. The minimum atomic E-state index is -0.491. The second-order valence-corrected chi connectivity index (χ2v) is 10.1. The van der Waals surface area contributed by atoms with Crippen molar-refractivity contribution in [3.05, 3.63) is 65.5 Å². The molecule has 3 heterocycles. The summed E-state index contributed by atoms with van der Waals surface area (Å²) in [6.07, 6.45) is 9.53. The van der Waals surface area contributed by atoms with Crippen LogP contribution in [0.4, 0.5) is 0 Å². The number of hydrogen-bond donors (Lipinski definition) is 0. The second kappa shape index (κ2) is 8.86. The Kier molecular flexibility index (Phi) is 6.20. The predicted octanol–water partition coefficient (Wildman–Crippen LogP) is 3.80. The van der Waals surface area contributed by atoms with E-state index < -0.39 is 12.0 Å². The third-order valence-corrected chi connectivity index (χ3v) is 7.22. The zero-order chi connectivity index (χ0) is 21.3. The van der Waals surface area contributed by atoms with Gasteiger partial charge in [0.15, 0.2) is 4.80 Å². The van der Waals surface area contributed by atoms with E-state index in [9.17, 15) is 9.59 Å². The van der Waals surface area contributed by atoms with Crippen LogP contribution in [0.3, 0.4) is 0 Å². The van der Waals surface area contributed by atoms with Gasteiger partial charge >= 0.3 is 5.97 Å². The van der Waals surface area contributed by atoms with Crippen LogP contribution in [0.2, 0.25) is 0 Å². The SMILES string of the molecule is CC1=C(C(=O)OCC(C)C)C(c2cccs2)n2c(sc(=CC3CC=CCC3)c2=O)=N1. The van der Waals surface area contributed by atoms with Gasteiger partial charge in [0.05, 0.1) is 22.4 Å². The number of esters is 1. The van der Waals surface area contributed by atoms with Crippen LogP contribution in [0.1, 0.15) is 51.0 Å². The Labute approximate surface area is 183 Å². The number of nitrogens with zero attached hydrogens (tertiary/aromatic N) is 2. The molecule has 0 bridgehead atoms. The minimum absolute atomic E-state index is 0.0756. The quantitative estimate of drug-likeness (QED) is 0.523. The van der Waals surface area contributed by atoms with Crippen molar-refractivity contribution in [2.24, 2.45) is 16.8 Å². The monoisotopic (exact) mass is 442 g/mol. The number of fused-ring (bicyclic) bond motifs is 1. The van der Waals surface area contributed by atoms with Crippen LogP contribution in [-0.4, -0.2) is 17.1 Å². The molecule has 30 heavy (non-hydrogen) atoms. The van der Waals surface area contributed by atoms with E-state index in [0.717, 1.165) is 24.1 Å². The summed E-state index contributed by atoms with van der Waals surface area (Å²) in [5, 5.41) is 1.96. The molecule has 5 nitrogen and oxygen atoms in total. The summed E-state index contributed by atoms with van der Waals surface area (Å²) < 4.78 is 7.93. The Morgan fingerprint density at radius 1 is 1.40 bits per heavy atom. The van der Waals surface area contributed by atoms with Gasteiger partial charge in [0.1, 0.15) is 6.04 Å². The molecular weight excluding hydrogens is 416 g/mol. The number of rotatable bonds is 5. The van der Waals surface area contributed by atoms with E-state index in [1.54, 1.807) is 4.57 Å². The first-order valence-electron chi connectivity index (χ1n) is 10.3. The normalized spacial score (nSPS) is 21.7. The van der Waals surface area contributed by atoms with Crippen molar-refractivity contribution in [1.29, 1.82) is 0 Å². The van der Waals surface area contributed by atoms with Crippen LogP contribution in [-0.2, 0) is 9.53 Å². The molecule has 2 aliphatic rings. The van der Waals surface area contributed by atoms with Crippen LogP contribution < -0.4 is 14.9 Å². The van der Waals surface area contributed by atoms with Gasteiger partial charge in [-0.3, -0.25) is 9.36 Å². The van der Waals surface area contributed by atoms with E-state index >= 15 is 0 Å². The number of carbonyl (C=O) groups excluding carboxylic acids is 1. The molecule has 0 N–H and O–H groups in total. The van der Waals surface area contributed by atoms with Crippen molar-refractivity contribution in [3.8, 4) is 0 Å². The van der Waals surface area contributed by atoms with E-state index in [0.29, 0.717) is 33.1 Å². The lowest BCUT2D eigenvalue weighted by atomic mass is 9.94. The molecule has 0 amide bonds. The zero-order valence-corrected chi connectivity index (χ0v) is 19.1. The van der Waals surface area contributed by atoms with Crippen molar-refractivity contribution >= 4 is 34.7 Å². The van der Waals surface area contributed by atoms with Crippen molar-refractivity contribution in [2.75, 3.05) is 6.61 Å². The van der Waals surface area contributed by atoms with E-state index in [1.165, 1.54) is 22.7 Å². The van der Waals surface area contributed by atoms with E-state index in [2.05, 4.69) is 23.2 Å². The summed E-state index contributed by atoms with van der Waals surface area (Å²) in [6, 6.07) is 3.41. The number of aromatic nitrogens is 1. The maximum absolute atomic E-state index is 13.4. The fourth-order valence-corrected chi connectivity index (χ4v) is 5.75. The average molecular weight is 443 g/mol. The summed E-state index contributed by atoms with van der Waals surface area (Å²) in [5.41, 5.74) is 1.00. The van der Waals surface area contributed by atoms with E-state index in [-0.39, 0.29) is 11.5 Å². The lowest BCUT2D eigenvalue weighted by Gasteiger charge is -2.23. The summed E-state index contributed by atoms with van der Waals surface area (Å²) in [4.78, 5) is 32.7. The van der Waals surface area contributed by atoms with Crippen molar-refractivity contribution < 1.29 is 9.53 Å². The molecular formula is C23H26N2O3S2. The van der Waals surface area contributed by atoms with E-state index in [1.807, 2.05) is 38.3 Å². The molecule has 0 spiro atoms. The van der Waals surface area contributed by atoms with Gasteiger partial charge in [0.2, 0.25) is 0 Å². The van der Waals surface area contributed by atoms with Gasteiger partial charge < -0.3 is 4.74 Å². The Morgan fingerprint density at radius 3 is 2.90 bits per heavy atom. The number of thiazole rings is 1. The van der Waals surface area contributed by atoms with E-state index in [4.69, 9.17) is 4.74 Å². The van der Waals surface area contributed by atoms with Gasteiger partial charge in [0.25, 0.3) is 5.56 Å². The lowest BCUT2D eigenvalue weighted by molar-refractivity contribution is -0.140. The molecule has 0 saturated heterocycles. The Bertz CT molecular complexity index is 1170. The van der Waals surface area contributed by atoms with Crippen LogP contribution in [0.5, 0.6) is 0 Å². The van der Waals surface area contributed by atoms with Crippen LogP contribution >= 0.6 is 22.7 Å². The molecule has 2 aromatic rings. The van der Waals surface area contributed by atoms with Crippen molar-refractivity contribution in [1.82, 2.24) is 4.57 Å². The highest BCUT2D eigenvalue weighted by Crippen LogP contribution is 2.33. The maximum atomic E-state index is 13.4. The zero-order valence-electron chi connectivity index (χ0n) is 17.5. The third-order valence-electron chi connectivity index (χ3n) is 5.30. The summed E-state index contributed by atoms with van der Waals surface area (Å²) in [6.45, 7) is 6.17. The molecule has 0 saturated carbocycles. The van der Waals surface area contributed by atoms with Gasteiger partial charge in [0, 0.05) is 4.88 Å². The summed E-state index contributed by atoms with van der Waals surface area (Å²) in [5.74, 6) is 0.212. The average Bonchev–Trinajstić information content (AvgIpc) is 3.35. The standard InChI is InChI=1S/C23H26N2O3S2/c1-14(2)13-28-22(27)19-15(3)24-23-25(20(19)17-10-7-11-29-17)21(26)18(30-23)12-16-8-5-4-6-9-16/h4-5,7,10-12,14,16,20H,6,8-9,13H2,1-3H3. The molecule has 2 aromatic heterocycles. The molecule has 4 rings (SSSR count). The lowest BCUT2D eigenvalue weighted by Crippen LogP contribution is -2.39. The fraction of sp³-hybridized carbons (Fsp3) is 0.435. The smallest absolute Gasteiger partial charge is 0.338 e. The highest BCUT2D eigenvalue weighted by molar-refractivity contribution is 7.10. The molecule has 7 heteroatoms. The first-order chi connectivity index (χ1) is 14.5. The number of thiophene rings is 1. The molecule has 0 fully saturated rings. The molecule has 1 aliphatic carbocycles. The summed E-state index contributed by atoms with van der Waals surface area (Å²) in [7, 11) is 0. The number of ether oxygens (including phenoxy) is 1. The van der Waals surface area contributed by atoms with Gasteiger partial charge in [-0.15, -0.1) is 11.3 Å². The number of hydrogen-bond acceptors (Lipinski definition) is 6. The van der Waals surface area contributed by atoms with Crippen LogP contribution in [0.15, 0.2) is 50.7 Å². The maximum Gasteiger partial charge on any atom is 0.338 e. The number of allylic oxidation sites excluding steroid dienone is 3. The van der Waals surface area contributed by atoms with Gasteiger partial charge in [-0.2, -0.15) is 0 Å². The first kappa shape index (κ1) is 21.0. The second-order valence-electron chi connectivity index (χ2n) is 8.16. The number of carbonyl (C=O) groups is 1. The molecule has 2 atom stereocenters. The largest absolute Gasteiger partial charge is 0.462 e. The molecule has 2 unspecified atom stereocenters. The minimum Gasteiger partial charge on any atom is -0.462 e. The predicted molar refractivity (Wildman–Crippen MR) is 121 cm³/mol. The highest BCUT2D eigenvalue weighted by atomic mass is 32.1. The van der Waals surface area contributed by atoms with Crippen molar-refractivity contribution in [2.45, 2.75) is 46.1 Å². The van der Waals surface area contributed by atoms with Gasteiger partial charge in [-0.1, -0.05) is 49.5 Å². The molecule has 0 aromatic carbocycles. The first-order valence-corrected chi connectivity index (χ1v) is 12.0. The highest BCUT2D eigenvalue weighted by Gasteiger charge is 2.34. The Hall–Kier alpha value is -2.25. The molecule has 1 aliphatic heterocycles. The van der Waals surface area contributed by atoms with Crippen LogP contribution in [0, 0.1) is 11.8 Å². The molecule has 158 valence electrons. The third kappa shape index (κ3) is 4.14. The van der Waals surface area contributed by atoms with Gasteiger partial charge in [-0.25, -0.2) is 9.79 Å². The molecule has 0 radical (unpaired) electrons. The fourth-order valence-electron chi connectivity index (χ4n) is 3.82. The van der Waals surface area contributed by atoms with Crippen LogP contribution in [0.25, 0.3) is 6.08 Å². The summed E-state index contributed by atoms with van der Waals surface area (Å²) >= 11 is 2.95. The topological polar surface area (TPSA) is 60.7 Å².